The molecule has 0 fully saturated rings. The normalized spacial score (nSPS) is 10.6. The van der Waals surface area contributed by atoms with Crippen molar-refractivity contribution >= 4 is 11.8 Å². The van der Waals surface area contributed by atoms with Gasteiger partial charge in [-0.2, -0.15) is 0 Å². The van der Waals surface area contributed by atoms with Crippen molar-refractivity contribution in [3.63, 3.8) is 0 Å². The molecule has 0 saturated carbocycles. The number of hydrogen-bond acceptors (Lipinski definition) is 3. The molecule has 0 amide bonds. The molecule has 2 rings (SSSR count). The number of nitrogens with zero attached hydrogens (tertiary/aromatic N) is 3. The van der Waals surface area contributed by atoms with E-state index in [4.69, 9.17) is 0 Å². The summed E-state index contributed by atoms with van der Waals surface area (Å²) in [6, 6.07) is 10.5. The topological polar surface area (TPSA) is 30.7 Å². The molecular formula is C13H17N3S. The van der Waals surface area contributed by atoms with Gasteiger partial charge in [-0.3, -0.25) is 0 Å². The third-order valence-electron chi connectivity index (χ3n) is 2.54. The average Bonchev–Trinajstić information content (AvgIpc) is 2.82. The zero-order valence-corrected chi connectivity index (χ0v) is 10.9. The van der Waals surface area contributed by atoms with Gasteiger partial charge in [-0.1, -0.05) is 55.4 Å². The summed E-state index contributed by atoms with van der Waals surface area (Å²) >= 11 is 1.75. The van der Waals surface area contributed by atoms with Gasteiger partial charge in [-0.25, -0.2) is 0 Å². The van der Waals surface area contributed by atoms with Gasteiger partial charge in [0.05, 0.1) is 0 Å². The molecule has 90 valence electrons. The van der Waals surface area contributed by atoms with Crippen molar-refractivity contribution in [1.82, 2.24) is 14.8 Å². The molecule has 0 atom stereocenters. The molecule has 17 heavy (non-hydrogen) atoms. The van der Waals surface area contributed by atoms with Crippen LogP contribution in [-0.4, -0.2) is 14.8 Å². The van der Waals surface area contributed by atoms with Crippen LogP contribution < -0.4 is 0 Å². The number of unbranched alkanes of at least 4 members (excludes halogenated alkanes) is 1. The Balaban J connectivity index is 1.92. The van der Waals surface area contributed by atoms with E-state index in [0.29, 0.717) is 0 Å². The van der Waals surface area contributed by atoms with Crippen molar-refractivity contribution in [3.05, 3.63) is 42.2 Å². The summed E-state index contributed by atoms with van der Waals surface area (Å²) in [5.74, 6) is 0.950. The van der Waals surface area contributed by atoms with E-state index < -0.39 is 0 Å². The summed E-state index contributed by atoms with van der Waals surface area (Å²) in [5, 5.41) is 9.16. The smallest absolute Gasteiger partial charge is 0.191 e. The number of hydrogen-bond donors (Lipinski definition) is 0. The Morgan fingerprint density at radius 1 is 1.24 bits per heavy atom. The number of aryl methyl sites for hydroxylation is 1. The lowest BCUT2D eigenvalue weighted by atomic mass is 10.2. The van der Waals surface area contributed by atoms with Crippen molar-refractivity contribution < 1.29 is 0 Å². The SMILES string of the molecule is CCCCn1cnnc1SCc1ccccc1. The predicted octanol–water partition coefficient (Wildman–Crippen LogP) is 3.37. The molecule has 1 heterocycles. The van der Waals surface area contributed by atoms with Crippen molar-refractivity contribution in [2.24, 2.45) is 0 Å². The van der Waals surface area contributed by atoms with E-state index >= 15 is 0 Å². The molecule has 0 aliphatic rings. The zero-order chi connectivity index (χ0) is 11.9. The number of thioether (sulfide) groups is 1. The lowest BCUT2D eigenvalue weighted by molar-refractivity contribution is 0.587. The molecule has 0 saturated heterocycles. The van der Waals surface area contributed by atoms with E-state index in [2.05, 4.69) is 46.0 Å². The maximum absolute atomic E-state index is 4.16. The van der Waals surface area contributed by atoms with E-state index in [0.717, 1.165) is 17.5 Å². The fourth-order valence-electron chi connectivity index (χ4n) is 1.56. The predicted molar refractivity (Wildman–Crippen MR) is 70.9 cm³/mol. The van der Waals surface area contributed by atoms with Crippen molar-refractivity contribution in [2.45, 2.75) is 37.2 Å². The first-order valence-electron chi connectivity index (χ1n) is 5.94. The molecule has 0 unspecified atom stereocenters. The Kier molecular flexibility index (Phi) is 4.62. The molecule has 0 aliphatic carbocycles. The summed E-state index contributed by atoms with van der Waals surface area (Å²) < 4.78 is 2.14. The van der Waals surface area contributed by atoms with E-state index in [-0.39, 0.29) is 0 Å². The van der Waals surface area contributed by atoms with E-state index in [1.807, 2.05) is 12.4 Å². The molecule has 3 nitrogen and oxygen atoms in total. The molecule has 0 N–H and O–H groups in total. The minimum Gasteiger partial charge on any atom is -0.309 e. The Morgan fingerprint density at radius 3 is 2.82 bits per heavy atom. The minimum absolute atomic E-state index is 0.950. The summed E-state index contributed by atoms with van der Waals surface area (Å²) in [5.41, 5.74) is 1.32. The Morgan fingerprint density at radius 2 is 2.06 bits per heavy atom. The first-order valence-corrected chi connectivity index (χ1v) is 6.93. The van der Waals surface area contributed by atoms with E-state index in [1.54, 1.807) is 11.8 Å². The zero-order valence-electron chi connectivity index (χ0n) is 10.0. The summed E-state index contributed by atoms with van der Waals surface area (Å²) in [6.45, 7) is 3.21. The Bertz CT molecular complexity index is 439. The van der Waals surface area contributed by atoms with Gasteiger partial charge < -0.3 is 4.57 Å². The van der Waals surface area contributed by atoms with Crippen LogP contribution in [0.3, 0.4) is 0 Å². The largest absolute Gasteiger partial charge is 0.309 e. The first-order chi connectivity index (χ1) is 8.40. The molecule has 2 aromatic rings. The van der Waals surface area contributed by atoms with Crippen LogP contribution in [-0.2, 0) is 12.3 Å². The van der Waals surface area contributed by atoms with Crippen LogP contribution >= 0.6 is 11.8 Å². The molecule has 4 heteroatoms. The molecule has 0 radical (unpaired) electrons. The highest BCUT2D eigenvalue weighted by Gasteiger charge is 2.04. The highest BCUT2D eigenvalue weighted by Crippen LogP contribution is 2.20. The molecule has 0 aliphatic heterocycles. The fourth-order valence-corrected chi connectivity index (χ4v) is 2.46. The standard InChI is InChI=1S/C13H17N3S/c1-2-3-9-16-11-14-15-13(16)17-10-12-7-5-4-6-8-12/h4-8,11H,2-3,9-10H2,1H3. The Labute approximate surface area is 106 Å². The van der Waals surface area contributed by atoms with Crippen LogP contribution in [0, 0.1) is 0 Å². The summed E-state index contributed by atoms with van der Waals surface area (Å²) in [4.78, 5) is 0. The van der Waals surface area contributed by atoms with Gasteiger partial charge >= 0.3 is 0 Å². The second-order valence-corrected chi connectivity index (χ2v) is 4.88. The molecule has 0 spiro atoms. The first kappa shape index (κ1) is 12.2. The van der Waals surface area contributed by atoms with Crippen LogP contribution in [0.4, 0.5) is 0 Å². The summed E-state index contributed by atoms with van der Waals surface area (Å²) in [6.07, 6.45) is 4.20. The van der Waals surface area contributed by atoms with Gasteiger partial charge in [0.2, 0.25) is 0 Å². The number of benzene rings is 1. The fraction of sp³-hybridized carbons (Fsp3) is 0.385. The third kappa shape index (κ3) is 3.60. The third-order valence-corrected chi connectivity index (χ3v) is 3.60. The second kappa shape index (κ2) is 6.45. The van der Waals surface area contributed by atoms with Crippen LogP contribution in [0.2, 0.25) is 0 Å². The van der Waals surface area contributed by atoms with E-state index in [1.165, 1.54) is 18.4 Å². The maximum atomic E-state index is 4.16. The van der Waals surface area contributed by atoms with Gasteiger partial charge in [-0.15, -0.1) is 10.2 Å². The molecular weight excluding hydrogens is 230 g/mol. The highest BCUT2D eigenvalue weighted by atomic mass is 32.2. The van der Waals surface area contributed by atoms with Gasteiger partial charge in [-0.05, 0) is 12.0 Å². The molecule has 0 bridgehead atoms. The quantitative estimate of drug-likeness (QED) is 0.733. The summed E-state index contributed by atoms with van der Waals surface area (Å²) in [7, 11) is 0. The Hall–Kier alpha value is -1.29. The van der Waals surface area contributed by atoms with Crippen LogP contribution in [0.15, 0.2) is 41.8 Å². The highest BCUT2D eigenvalue weighted by molar-refractivity contribution is 7.98. The van der Waals surface area contributed by atoms with Crippen LogP contribution in [0.5, 0.6) is 0 Å². The lowest BCUT2D eigenvalue weighted by Crippen LogP contribution is -1.98. The second-order valence-electron chi connectivity index (χ2n) is 3.93. The van der Waals surface area contributed by atoms with Gasteiger partial charge in [0, 0.05) is 12.3 Å². The van der Waals surface area contributed by atoms with Gasteiger partial charge in [0.25, 0.3) is 0 Å². The van der Waals surface area contributed by atoms with Crippen molar-refractivity contribution in [2.75, 3.05) is 0 Å². The van der Waals surface area contributed by atoms with E-state index in [9.17, 15) is 0 Å². The number of rotatable bonds is 6. The molecule has 1 aromatic heterocycles. The number of aromatic nitrogens is 3. The monoisotopic (exact) mass is 247 g/mol. The van der Waals surface area contributed by atoms with Gasteiger partial charge in [0.1, 0.15) is 6.33 Å². The van der Waals surface area contributed by atoms with Gasteiger partial charge in [0.15, 0.2) is 5.16 Å². The van der Waals surface area contributed by atoms with Crippen molar-refractivity contribution in [3.8, 4) is 0 Å². The maximum Gasteiger partial charge on any atom is 0.191 e. The van der Waals surface area contributed by atoms with Crippen molar-refractivity contribution in [1.29, 1.82) is 0 Å². The lowest BCUT2D eigenvalue weighted by Gasteiger charge is -2.04. The average molecular weight is 247 g/mol. The van der Waals surface area contributed by atoms with Crippen LogP contribution in [0.25, 0.3) is 0 Å². The minimum atomic E-state index is 0.950. The molecule has 1 aromatic carbocycles. The van der Waals surface area contributed by atoms with Crippen LogP contribution in [0.1, 0.15) is 25.3 Å².